The van der Waals surface area contributed by atoms with Crippen molar-refractivity contribution < 1.29 is 13.9 Å². The third-order valence-corrected chi connectivity index (χ3v) is 4.10. The Hall–Kier alpha value is -3.35. The highest BCUT2D eigenvalue weighted by atomic mass is 19.1. The number of halogens is 1. The fourth-order valence-corrected chi connectivity index (χ4v) is 2.78. The van der Waals surface area contributed by atoms with E-state index in [4.69, 9.17) is 9.47 Å². The number of benzene rings is 2. The van der Waals surface area contributed by atoms with Crippen molar-refractivity contribution in [2.75, 3.05) is 31.4 Å². The quantitative estimate of drug-likeness (QED) is 0.604. The molecule has 0 amide bonds. The molecule has 6 nitrogen and oxygen atoms in total. The minimum atomic E-state index is -0.302. The van der Waals surface area contributed by atoms with E-state index < -0.39 is 0 Å². The van der Waals surface area contributed by atoms with Gasteiger partial charge in [-0.25, -0.2) is 9.37 Å². The van der Waals surface area contributed by atoms with Gasteiger partial charge in [-0.15, -0.1) is 0 Å². The van der Waals surface area contributed by atoms with Crippen LogP contribution in [0, 0.1) is 12.7 Å². The van der Waals surface area contributed by atoms with Crippen LogP contribution >= 0.6 is 0 Å². The summed E-state index contributed by atoms with van der Waals surface area (Å²) in [7, 11) is 3.23. The van der Waals surface area contributed by atoms with Gasteiger partial charge >= 0.3 is 0 Å². The summed E-state index contributed by atoms with van der Waals surface area (Å²) >= 11 is 0. The average Bonchev–Trinajstić information content (AvgIpc) is 2.67. The van der Waals surface area contributed by atoms with Gasteiger partial charge in [0.05, 0.1) is 14.2 Å². The van der Waals surface area contributed by atoms with Crippen LogP contribution in [0.5, 0.6) is 11.5 Å². The fraction of sp³-hybridized carbons (Fsp3) is 0.238. The molecule has 2 N–H and O–H groups in total. The molecule has 0 radical (unpaired) electrons. The summed E-state index contributed by atoms with van der Waals surface area (Å²) in [5.74, 6) is 2.22. The zero-order valence-electron chi connectivity index (χ0n) is 16.1. The van der Waals surface area contributed by atoms with Crippen LogP contribution in [0.15, 0.2) is 48.5 Å². The maximum atomic E-state index is 13.4. The number of anilines is 3. The van der Waals surface area contributed by atoms with Gasteiger partial charge in [0.25, 0.3) is 0 Å². The molecule has 0 saturated carbocycles. The molecule has 3 aromatic rings. The van der Waals surface area contributed by atoms with Crippen LogP contribution in [0.25, 0.3) is 0 Å². The van der Waals surface area contributed by atoms with E-state index in [1.807, 2.05) is 31.2 Å². The Kier molecular flexibility index (Phi) is 6.26. The number of rotatable bonds is 8. The lowest BCUT2D eigenvalue weighted by atomic mass is 10.1. The van der Waals surface area contributed by atoms with Gasteiger partial charge in [0, 0.05) is 24.0 Å². The van der Waals surface area contributed by atoms with Gasteiger partial charge < -0.3 is 20.1 Å². The molecule has 7 heteroatoms. The molecule has 28 heavy (non-hydrogen) atoms. The number of nitrogens with one attached hydrogen (secondary N) is 2. The lowest BCUT2D eigenvalue weighted by molar-refractivity contribution is 0.354. The zero-order chi connectivity index (χ0) is 19.9. The second-order valence-corrected chi connectivity index (χ2v) is 6.22. The van der Waals surface area contributed by atoms with Crippen molar-refractivity contribution in [1.29, 1.82) is 0 Å². The van der Waals surface area contributed by atoms with Crippen molar-refractivity contribution in [2.24, 2.45) is 0 Å². The molecule has 1 aromatic heterocycles. The van der Waals surface area contributed by atoms with E-state index in [0.29, 0.717) is 35.5 Å². The van der Waals surface area contributed by atoms with Gasteiger partial charge in [-0.05, 0) is 49.2 Å². The molecule has 0 atom stereocenters. The van der Waals surface area contributed by atoms with E-state index in [0.717, 1.165) is 17.7 Å². The molecule has 3 rings (SSSR count). The molecular weight excluding hydrogens is 359 g/mol. The van der Waals surface area contributed by atoms with Gasteiger partial charge in [0.2, 0.25) is 5.95 Å². The van der Waals surface area contributed by atoms with Crippen LogP contribution < -0.4 is 20.1 Å². The van der Waals surface area contributed by atoms with Crippen molar-refractivity contribution in [3.05, 3.63) is 65.6 Å². The smallest absolute Gasteiger partial charge is 0.224 e. The highest BCUT2D eigenvalue weighted by Gasteiger charge is 2.06. The first-order valence-corrected chi connectivity index (χ1v) is 8.90. The Morgan fingerprint density at radius 1 is 0.964 bits per heavy atom. The lowest BCUT2D eigenvalue weighted by Gasteiger charge is -2.11. The Morgan fingerprint density at radius 2 is 1.79 bits per heavy atom. The van der Waals surface area contributed by atoms with E-state index in [1.54, 1.807) is 26.4 Å². The summed E-state index contributed by atoms with van der Waals surface area (Å²) < 4.78 is 23.9. The molecule has 0 fully saturated rings. The average molecular weight is 382 g/mol. The van der Waals surface area contributed by atoms with Crippen LogP contribution in [0.4, 0.5) is 21.8 Å². The molecule has 0 spiro atoms. The fourth-order valence-electron chi connectivity index (χ4n) is 2.78. The predicted molar refractivity (Wildman–Crippen MR) is 108 cm³/mol. The molecule has 2 aromatic carbocycles. The molecule has 0 bridgehead atoms. The number of hydrogen-bond acceptors (Lipinski definition) is 6. The minimum absolute atomic E-state index is 0.302. The van der Waals surface area contributed by atoms with Gasteiger partial charge in [-0.2, -0.15) is 4.98 Å². The van der Waals surface area contributed by atoms with Crippen LogP contribution in [0.2, 0.25) is 0 Å². The minimum Gasteiger partial charge on any atom is -0.493 e. The van der Waals surface area contributed by atoms with Gasteiger partial charge in [0.1, 0.15) is 11.6 Å². The van der Waals surface area contributed by atoms with Gasteiger partial charge in [-0.1, -0.05) is 12.1 Å². The Balaban J connectivity index is 1.64. The van der Waals surface area contributed by atoms with Crippen molar-refractivity contribution in [3.8, 4) is 11.5 Å². The highest BCUT2D eigenvalue weighted by Crippen LogP contribution is 2.27. The molecule has 0 aliphatic heterocycles. The summed E-state index contributed by atoms with van der Waals surface area (Å²) in [6, 6.07) is 13.9. The summed E-state index contributed by atoms with van der Waals surface area (Å²) in [5.41, 5.74) is 2.55. The SMILES string of the molecule is COc1ccc(CCNc2nc(C)cc(Nc3cccc(F)c3)n2)cc1OC. The third kappa shape index (κ3) is 5.09. The first kappa shape index (κ1) is 19.4. The van der Waals surface area contributed by atoms with Crippen molar-refractivity contribution in [3.63, 3.8) is 0 Å². The van der Waals surface area contributed by atoms with E-state index in [9.17, 15) is 4.39 Å². The van der Waals surface area contributed by atoms with Gasteiger partial charge in [0.15, 0.2) is 11.5 Å². The zero-order valence-corrected chi connectivity index (χ0v) is 16.1. The number of ether oxygens (including phenoxy) is 2. The van der Waals surface area contributed by atoms with E-state index in [1.165, 1.54) is 12.1 Å². The van der Waals surface area contributed by atoms with Crippen LogP contribution in [0.1, 0.15) is 11.3 Å². The monoisotopic (exact) mass is 382 g/mol. The van der Waals surface area contributed by atoms with Crippen LogP contribution in [-0.2, 0) is 6.42 Å². The topological polar surface area (TPSA) is 68.3 Å². The standard InChI is InChI=1S/C21H23FN4O2/c1-14-11-20(25-17-6-4-5-16(22)13-17)26-21(24-14)23-10-9-15-7-8-18(27-2)19(12-15)28-3/h4-8,11-13H,9-10H2,1-3H3,(H2,23,24,25,26). The van der Waals surface area contributed by atoms with Crippen molar-refractivity contribution in [2.45, 2.75) is 13.3 Å². The second-order valence-electron chi connectivity index (χ2n) is 6.22. The Bertz CT molecular complexity index is 949. The number of hydrogen-bond donors (Lipinski definition) is 2. The van der Waals surface area contributed by atoms with E-state index in [2.05, 4.69) is 20.6 Å². The van der Waals surface area contributed by atoms with E-state index in [-0.39, 0.29) is 5.82 Å². The first-order valence-electron chi connectivity index (χ1n) is 8.90. The molecule has 0 saturated heterocycles. The summed E-state index contributed by atoms with van der Waals surface area (Å²) in [4.78, 5) is 8.85. The largest absolute Gasteiger partial charge is 0.493 e. The van der Waals surface area contributed by atoms with E-state index >= 15 is 0 Å². The maximum Gasteiger partial charge on any atom is 0.224 e. The van der Waals surface area contributed by atoms with Crippen LogP contribution in [-0.4, -0.2) is 30.7 Å². The normalized spacial score (nSPS) is 10.4. The summed E-state index contributed by atoms with van der Waals surface area (Å²) in [5, 5.41) is 6.33. The number of nitrogens with zero attached hydrogens (tertiary/aromatic N) is 2. The molecule has 0 unspecified atom stereocenters. The Morgan fingerprint density at radius 3 is 2.54 bits per heavy atom. The highest BCUT2D eigenvalue weighted by molar-refractivity contribution is 5.57. The molecule has 146 valence electrons. The molecule has 0 aliphatic carbocycles. The summed E-state index contributed by atoms with van der Waals surface area (Å²) in [6.45, 7) is 2.54. The van der Waals surface area contributed by atoms with Crippen molar-refractivity contribution in [1.82, 2.24) is 9.97 Å². The maximum absolute atomic E-state index is 13.4. The number of aromatic nitrogens is 2. The molecular formula is C21H23FN4O2. The number of methoxy groups -OCH3 is 2. The Labute approximate surface area is 163 Å². The second kappa shape index (κ2) is 9.03. The molecule has 0 aliphatic rings. The third-order valence-electron chi connectivity index (χ3n) is 4.10. The van der Waals surface area contributed by atoms with Gasteiger partial charge in [-0.3, -0.25) is 0 Å². The molecule has 1 heterocycles. The first-order chi connectivity index (χ1) is 13.6. The lowest BCUT2D eigenvalue weighted by Crippen LogP contribution is -2.10. The summed E-state index contributed by atoms with van der Waals surface area (Å²) in [6.07, 6.45) is 0.768. The number of aryl methyl sites for hydroxylation is 1. The van der Waals surface area contributed by atoms with Crippen LogP contribution in [0.3, 0.4) is 0 Å². The van der Waals surface area contributed by atoms with Crippen molar-refractivity contribution >= 4 is 17.5 Å². The predicted octanol–water partition coefficient (Wildman–Crippen LogP) is 4.34.